The number of piperidine rings is 1. The van der Waals surface area contributed by atoms with Crippen LogP contribution in [0.4, 0.5) is 0 Å². The third kappa shape index (κ3) is 3.16. The van der Waals surface area contributed by atoms with Crippen LogP contribution in [-0.2, 0) is 6.54 Å². The van der Waals surface area contributed by atoms with Crippen LogP contribution in [0.2, 0.25) is 0 Å². The predicted molar refractivity (Wildman–Crippen MR) is 94.4 cm³/mol. The molecule has 3 aromatic rings. The van der Waals surface area contributed by atoms with Crippen LogP contribution >= 0.6 is 0 Å². The summed E-state index contributed by atoms with van der Waals surface area (Å²) in [6.45, 7) is 5.43. The molecule has 1 amide bonds. The van der Waals surface area contributed by atoms with Crippen LogP contribution in [-0.4, -0.2) is 38.2 Å². The van der Waals surface area contributed by atoms with Gasteiger partial charge in [0.05, 0.1) is 18.8 Å². The molecule has 1 aliphatic rings. The molecule has 0 radical (unpaired) electrons. The Morgan fingerprint density at radius 3 is 3.00 bits per heavy atom. The topological polar surface area (TPSA) is 64.2 Å². The minimum absolute atomic E-state index is 0.0516. The van der Waals surface area contributed by atoms with Crippen molar-refractivity contribution in [3.63, 3.8) is 0 Å². The van der Waals surface area contributed by atoms with Crippen molar-refractivity contribution >= 4 is 17.0 Å². The summed E-state index contributed by atoms with van der Waals surface area (Å²) < 4.78 is 7.69. The van der Waals surface area contributed by atoms with Gasteiger partial charge in [-0.25, -0.2) is 4.98 Å². The van der Waals surface area contributed by atoms with E-state index >= 15 is 0 Å². The SMILES string of the molecule is Cc1cnn(CC2CCCCN2C(=O)c2cc3nc(C)ccc3o2)c1. The number of amides is 1. The molecule has 6 heteroatoms. The molecule has 3 aromatic heterocycles. The Morgan fingerprint density at radius 2 is 2.20 bits per heavy atom. The average Bonchev–Trinajstić information content (AvgIpc) is 3.20. The highest BCUT2D eigenvalue weighted by atomic mass is 16.3. The van der Waals surface area contributed by atoms with E-state index in [0.717, 1.165) is 49.1 Å². The lowest BCUT2D eigenvalue weighted by atomic mass is 10.0. The van der Waals surface area contributed by atoms with Crippen molar-refractivity contribution in [2.24, 2.45) is 0 Å². The summed E-state index contributed by atoms with van der Waals surface area (Å²) in [5.41, 5.74) is 3.44. The molecule has 0 bridgehead atoms. The summed E-state index contributed by atoms with van der Waals surface area (Å²) in [7, 11) is 0. The quantitative estimate of drug-likeness (QED) is 0.735. The molecule has 1 saturated heterocycles. The standard InChI is InChI=1S/C19H22N4O2/c1-13-10-20-22(11-13)12-15-5-3-4-8-23(15)19(24)18-9-16-17(25-18)7-6-14(2)21-16/h6-7,9-11,15H,3-5,8,12H2,1-2H3. The normalized spacial score (nSPS) is 18.0. The minimum atomic E-state index is -0.0516. The zero-order valence-corrected chi connectivity index (χ0v) is 14.6. The van der Waals surface area contributed by atoms with Crippen molar-refractivity contribution in [1.82, 2.24) is 19.7 Å². The molecule has 1 unspecified atom stereocenters. The van der Waals surface area contributed by atoms with E-state index in [2.05, 4.69) is 10.1 Å². The molecule has 0 N–H and O–H groups in total. The van der Waals surface area contributed by atoms with Crippen molar-refractivity contribution in [3.8, 4) is 0 Å². The van der Waals surface area contributed by atoms with Gasteiger partial charge < -0.3 is 9.32 Å². The van der Waals surface area contributed by atoms with E-state index < -0.39 is 0 Å². The van der Waals surface area contributed by atoms with Gasteiger partial charge in [-0.15, -0.1) is 0 Å². The van der Waals surface area contributed by atoms with Gasteiger partial charge in [-0.1, -0.05) is 0 Å². The molecule has 130 valence electrons. The van der Waals surface area contributed by atoms with Crippen molar-refractivity contribution in [1.29, 1.82) is 0 Å². The van der Waals surface area contributed by atoms with E-state index in [4.69, 9.17) is 4.42 Å². The molecule has 25 heavy (non-hydrogen) atoms. The summed E-state index contributed by atoms with van der Waals surface area (Å²) in [5, 5.41) is 4.37. The number of hydrogen-bond donors (Lipinski definition) is 0. The van der Waals surface area contributed by atoms with Crippen molar-refractivity contribution < 1.29 is 9.21 Å². The molecule has 1 fully saturated rings. The molecule has 0 saturated carbocycles. The molecule has 0 aromatic carbocycles. The van der Waals surface area contributed by atoms with Crippen molar-refractivity contribution in [2.75, 3.05) is 6.54 Å². The first kappa shape index (κ1) is 15.9. The number of aryl methyl sites for hydroxylation is 2. The van der Waals surface area contributed by atoms with Gasteiger partial charge in [0.1, 0.15) is 5.52 Å². The van der Waals surface area contributed by atoms with E-state index in [1.165, 1.54) is 0 Å². The predicted octanol–water partition coefficient (Wildman–Crippen LogP) is 3.34. The fourth-order valence-electron chi connectivity index (χ4n) is 3.51. The van der Waals surface area contributed by atoms with Gasteiger partial charge in [0, 0.05) is 24.5 Å². The van der Waals surface area contributed by atoms with E-state index in [1.807, 2.05) is 48.0 Å². The second-order valence-corrected chi connectivity index (χ2v) is 6.83. The lowest BCUT2D eigenvalue weighted by molar-refractivity contribution is 0.0554. The Labute approximate surface area is 146 Å². The summed E-state index contributed by atoms with van der Waals surface area (Å²) in [5.74, 6) is 0.320. The molecule has 0 aliphatic carbocycles. The highest BCUT2D eigenvalue weighted by molar-refractivity contribution is 5.95. The Bertz CT molecular complexity index is 911. The van der Waals surface area contributed by atoms with Gasteiger partial charge in [-0.05, 0) is 50.8 Å². The number of carbonyl (C=O) groups is 1. The number of hydrogen-bond acceptors (Lipinski definition) is 4. The number of furan rings is 1. The van der Waals surface area contributed by atoms with Crippen LogP contribution in [0.25, 0.3) is 11.1 Å². The first-order valence-electron chi connectivity index (χ1n) is 8.77. The fourth-order valence-corrected chi connectivity index (χ4v) is 3.51. The van der Waals surface area contributed by atoms with E-state index in [-0.39, 0.29) is 11.9 Å². The monoisotopic (exact) mass is 338 g/mol. The molecular weight excluding hydrogens is 316 g/mol. The maximum absolute atomic E-state index is 13.0. The molecule has 1 atom stereocenters. The first-order chi connectivity index (χ1) is 12.1. The van der Waals surface area contributed by atoms with Crippen LogP contribution in [0.1, 0.15) is 41.1 Å². The maximum atomic E-state index is 13.0. The maximum Gasteiger partial charge on any atom is 0.289 e. The largest absolute Gasteiger partial charge is 0.449 e. The fraction of sp³-hybridized carbons (Fsp3) is 0.421. The number of likely N-dealkylation sites (tertiary alicyclic amines) is 1. The zero-order chi connectivity index (χ0) is 17.4. The van der Waals surface area contributed by atoms with Crippen LogP contribution in [0.15, 0.2) is 35.0 Å². The Kier molecular flexibility index (Phi) is 4.03. The van der Waals surface area contributed by atoms with Crippen LogP contribution in [0.3, 0.4) is 0 Å². The Morgan fingerprint density at radius 1 is 1.32 bits per heavy atom. The number of pyridine rings is 1. The smallest absolute Gasteiger partial charge is 0.289 e. The van der Waals surface area contributed by atoms with Crippen LogP contribution < -0.4 is 0 Å². The second kappa shape index (κ2) is 6.35. The van der Waals surface area contributed by atoms with E-state index in [1.54, 1.807) is 6.07 Å². The van der Waals surface area contributed by atoms with E-state index in [0.29, 0.717) is 11.3 Å². The summed E-state index contributed by atoms with van der Waals surface area (Å²) >= 11 is 0. The van der Waals surface area contributed by atoms with Gasteiger partial charge in [0.25, 0.3) is 5.91 Å². The molecule has 1 aliphatic heterocycles. The molecule has 6 nitrogen and oxygen atoms in total. The number of fused-ring (bicyclic) bond motifs is 1. The highest BCUT2D eigenvalue weighted by Crippen LogP contribution is 2.24. The third-order valence-corrected chi connectivity index (χ3v) is 4.77. The lowest BCUT2D eigenvalue weighted by Gasteiger charge is -2.35. The highest BCUT2D eigenvalue weighted by Gasteiger charge is 2.30. The Hall–Kier alpha value is -2.63. The molecule has 0 spiro atoms. The summed E-state index contributed by atoms with van der Waals surface area (Å²) in [6, 6.07) is 5.66. The van der Waals surface area contributed by atoms with Crippen LogP contribution in [0, 0.1) is 13.8 Å². The third-order valence-electron chi connectivity index (χ3n) is 4.77. The second-order valence-electron chi connectivity index (χ2n) is 6.83. The number of nitrogens with zero attached hydrogens (tertiary/aromatic N) is 4. The van der Waals surface area contributed by atoms with Gasteiger partial charge in [-0.2, -0.15) is 5.10 Å². The molecule has 4 rings (SSSR count). The average molecular weight is 338 g/mol. The van der Waals surface area contributed by atoms with Gasteiger partial charge in [0.2, 0.25) is 0 Å². The van der Waals surface area contributed by atoms with Crippen molar-refractivity contribution in [2.45, 2.75) is 45.7 Å². The van der Waals surface area contributed by atoms with Gasteiger partial charge >= 0.3 is 0 Å². The zero-order valence-electron chi connectivity index (χ0n) is 14.6. The Balaban J connectivity index is 1.59. The lowest BCUT2D eigenvalue weighted by Crippen LogP contribution is -2.45. The van der Waals surface area contributed by atoms with Crippen molar-refractivity contribution in [3.05, 3.63) is 47.6 Å². The molecule has 4 heterocycles. The van der Waals surface area contributed by atoms with Gasteiger partial charge in [0.15, 0.2) is 11.3 Å². The summed E-state index contributed by atoms with van der Waals surface area (Å²) in [4.78, 5) is 19.4. The van der Waals surface area contributed by atoms with E-state index in [9.17, 15) is 4.79 Å². The summed E-state index contributed by atoms with van der Waals surface area (Å²) in [6.07, 6.45) is 7.02. The first-order valence-corrected chi connectivity index (χ1v) is 8.77. The molecular formula is C19H22N4O2. The number of rotatable bonds is 3. The van der Waals surface area contributed by atoms with Crippen LogP contribution in [0.5, 0.6) is 0 Å². The number of carbonyl (C=O) groups excluding carboxylic acids is 1. The minimum Gasteiger partial charge on any atom is -0.449 e. The van der Waals surface area contributed by atoms with Gasteiger partial charge in [-0.3, -0.25) is 9.48 Å². The number of aromatic nitrogens is 3.